The van der Waals surface area contributed by atoms with Gasteiger partial charge in [-0.2, -0.15) is 15.5 Å². The van der Waals surface area contributed by atoms with Gasteiger partial charge < -0.3 is 4.90 Å². The molecule has 2 aromatic carbocycles. The van der Waals surface area contributed by atoms with Crippen LogP contribution in [-0.4, -0.2) is 38.9 Å². The molecule has 4 aromatic rings. The quantitative estimate of drug-likeness (QED) is 0.490. The summed E-state index contributed by atoms with van der Waals surface area (Å²) in [7, 11) is 0. The summed E-state index contributed by atoms with van der Waals surface area (Å²) < 4.78 is 1.78. The van der Waals surface area contributed by atoms with Crippen molar-refractivity contribution in [2.45, 2.75) is 25.8 Å². The minimum Gasteiger partial charge on any atom is -0.371 e. The maximum Gasteiger partial charge on any atom is 0.188 e. The summed E-state index contributed by atoms with van der Waals surface area (Å²) in [5.41, 5.74) is 4.99. The Morgan fingerprint density at radius 2 is 2.00 bits per heavy atom. The zero-order valence-electron chi connectivity index (χ0n) is 17.1. The van der Waals surface area contributed by atoms with Gasteiger partial charge in [0.2, 0.25) is 0 Å². The van der Waals surface area contributed by atoms with Crippen molar-refractivity contribution in [1.82, 2.24) is 20.0 Å². The van der Waals surface area contributed by atoms with Gasteiger partial charge in [0.1, 0.15) is 5.69 Å². The first-order chi connectivity index (χ1) is 15.2. The number of anilines is 1. The van der Waals surface area contributed by atoms with Crippen LogP contribution >= 0.6 is 0 Å². The number of nitrogens with zero attached hydrogens (tertiary/aromatic N) is 5. The summed E-state index contributed by atoms with van der Waals surface area (Å²) in [5.74, 6) is -0.0359. The smallest absolute Gasteiger partial charge is 0.188 e. The Hall–Kier alpha value is -3.92. The van der Waals surface area contributed by atoms with Crippen LogP contribution in [0.25, 0.3) is 10.9 Å². The van der Waals surface area contributed by atoms with E-state index >= 15 is 0 Å². The molecule has 31 heavy (non-hydrogen) atoms. The highest BCUT2D eigenvalue weighted by Gasteiger charge is 2.18. The summed E-state index contributed by atoms with van der Waals surface area (Å²) in [4.78, 5) is 15.3. The number of H-pyrrole nitrogens is 1. The van der Waals surface area contributed by atoms with Gasteiger partial charge in [0.05, 0.1) is 29.9 Å². The minimum absolute atomic E-state index is 0.0359. The molecule has 1 N–H and O–H groups in total. The Morgan fingerprint density at radius 1 is 1.13 bits per heavy atom. The van der Waals surface area contributed by atoms with E-state index < -0.39 is 0 Å². The number of fused-ring (bicyclic) bond motifs is 1. The summed E-state index contributed by atoms with van der Waals surface area (Å²) in [6.07, 6.45) is 6.28. The molecule has 0 atom stereocenters. The average Bonchev–Trinajstić information content (AvgIpc) is 3.54. The molecule has 0 bridgehead atoms. The van der Waals surface area contributed by atoms with Crippen LogP contribution in [-0.2, 0) is 13.0 Å². The number of aromatic nitrogens is 4. The van der Waals surface area contributed by atoms with Crippen LogP contribution in [0, 0.1) is 11.3 Å². The standard InChI is InChI=1S/C24H22N6O/c25-13-17-4-3-5-18(10-17)15-30-16-19(14-26-30)11-23(31)24-21-7-6-20(12-22(21)27-28-24)29-8-1-2-9-29/h3-7,10,12,14,16H,1-2,8-9,11,15H2,(H,27,28). The second kappa shape index (κ2) is 8.07. The van der Waals surface area contributed by atoms with E-state index in [2.05, 4.69) is 38.4 Å². The fourth-order valence-electron chi connectivity index (χ4n) is 4.17. The maximum atomic E-state index is 12.9. The molecule has 0 radical (unpaired) electrons. The third kappa shape index (κ3) is 3.92. The third-order valence-electron chi connectivity index (χ3n) is 5.73. The van der Waals surface area contributed by atoms with Crippen molar-refractivity contribution in [3.63, 3.8) is 0 Å². The molecule has 1 aliphatic rings. The molecule has 0 aliphatic carbocycles. The van der Waals surface area contributed by atoms with Crippen molar-refractivity contribution >= 4 is 22.4 Å². The van der Waals surface area contributed by atoms with Gasteiger partial charge in [0.25, 0.3) is 0 Å². The van der Waals surface area contributed by atoms with Gasteiger partial charge in [-0.25, -0.2) is 0 Å². The molecule has 3 heterocycles. The molecule has 1 aliphatic heterocycles. The van der Waals surface area contributed by atoms with Crippen LogP contribution in [0.5, 0.6) is 0 Å². The fraction of sp³-hybridized carbons (Fsp3) is 0.250. The predicted octanol–water partition coefficient (Wildman–Crippen LogP) is 3.70. The summed E-state index contributed by atoms with van der Waals surface area (Å²) in [5, 5.41) is 21.6. The predicted molar refractivity (Wildman–Crippen MR) is 118 cm³/mol. The molecule has 7 nitrogen and oxygen atoms in total. The fourth-order valence-corrected chi connectivity index (χ4v) is 4.17. The molecule has 0 unspecified atom stereocenters. The zero-order valence-corrected chi connectivity index (χ0v) is 17.1. The van der Waals surface area contributed by atoms with Gasteiger partial charge in [0.15, 0.2) is 5.78 Å². The lowest BCUT2D eigenvalue weighted by Gasteiger charge is -2.17. The zero-order chi connectivity index (χ0) is 21.2. The highest BCUT2D eigenvalue weighted by atomic mass is 16.1. The highest BCUT2D eigenvalue weighted by Crippen LogP contribution is 2.26. The Kier molecular flexibility index (Phi) is 4.97. The van der Waals surface area contributed by atoms with Crippen molar-refractivity contribution in [2.24, 2.45) is 0 Å². The molecule has 0 amide bonds. The molecule has 7 heteroatoms. The highest BCUT2D eigenvalue weighted by molar-refractivity contribution is 6.07. The first kappa shape index (κ1) is 19.1. The molecule has 1 saturated heterocycles. The second-order valence-electron chi connectivity index (χ2n) is 7.95. The van der Waals surface area contributed by atoms with E-state index in [1.54, 1.807) is 16.9 Å². The molecular formula is C24H22N6O. The lowest BCUT2D eigenvalue weighted by atomic mass is 10.1. The van der Waals surface area contributed by atoms with Crippen LogP contribution in [0.2, 0.25) is 0 Å². The van der Waals surface area contributed by atoms with E-state index in [1.807, 2.05) is 30.5 Å². The molecule has 5 rings (SSSR count). The molecule has 154 valence electrons. The Bertz CT molecular complexity index is 1290. The second-order valence-corrected chi connectivity index (χ2v) is 7.95. The number of benzene rings is 2. The van der Waals surface area contributed by atoms with Crippen LogP contribution < -0.4 is 4.90 Å². The number of rotatable bonds is 6. The monoisotopic (exact) mass is 410 g/mol. The normalized spacial score (nSPS) is 13.6. The van der Waals surface area contributed by atoms with E-state index in [-0.39, 0.29) is 12.2 Å². The van der Waals surface area contributed by atoms with Crippen LogP contribution in [0.15, 0.2) is 54.9 Å². The van der Waals surface area contributed by atoms with Gasteiger partial charge in [-0.15, -0.1) is 0 Å². The molecular weight excluding hydrogens is 388 g/mol. The number of hydrogen-bond acceptors (Lipinski definition) is 5. The van der Waals surface area contributed by atoms with Crippen molar-refractivity contribution in [3.05, 3.63) is 77.2 Å². The number of aromatic amines is 1. The van der Waals surface area contributed by atoms with E-state index in [0.717, 1.165) is 35.1 Å². The summed E-state index contributed by atoms with van der Waals surface area (Å²) in [6, 6.07) is 15.7. The van der Waals surface area contributed by atoms with Crippen LogP contribution in [0.3, 0.4) is 0 Å². The minimum atomic E-state index is -0.0359. The molecule has 1 fully saturated rings. The number of nitrogens with one attached hydrogen (secondary N) is 1. The summed E-state index contributed by atoms with van der Waals surface area (Å²) >= 11 is 0. The van der Waals surface area contributed by atoms with Gasteiger partial charge in [-0.1, -0.05) is 12.1 Å². The van der Waals surface area contributed by atoms with Gasteiger partial charge in [0, 0.05) is 36.8 Å². The first-order valence-corrected chi connectivity index (χ1v) is 10.5. The van der Waals surface area contributed by atoms with Gasteiger partial charge in [-0.3, -0.25) is 14.6 Å². The number of hydrogen-bond donors (Lipinski definition) is 1. The average molecular weight is 410 g/mol. The third-order valence-corrected chi connectivity index (χ3v) is 5.73. The topological polar surface area (TPSA) is 90.6 Å². The number of carbonyl (C=O) groups excluding carboxylic acids is 1. The number of carbonyl (C=O) groups is 1. The van der Waals surface area contributed by atoms with Gasteiger partial charge >= 0.3 is 0 Å². The number of ketones is 1. The van der Waals surface area contributed by atoms with Gasteiger partial charge in [-0.05, 0) is 54.3 Å². The summed E-state index contributed by atoms with van der Waals surface area (Å²) in [6.45, 7) is 2.71. The largest absolute Gasteiger partial charge is 0.371 e. The number of Topliss-reactive ketones (excluding diaryl/α,β-unsaturated/α-hetero) is 1. The molecule has 0 saturated carbocycles. The van der Waals surface area contributed by atoms with E-state index in [1.165, 1.54) is 18.5 Å². The Morgan fingerprint density at radius 3 is 2.84 bits per heavy atom. The lowest BCUT2D eigenvalue weighted by Crippen LogP contribution is -2.17. The molecule has 2 aromatic heterocycles. The maximum absolute atomic E-state index is 12.9. The SMILES string of the molecule is N#Cc1cccc(Cn2cc(CC(=O)c3n[nH]c4cc(N5CCCC5)ccc34)cn2)c1. The Balaban J connectivity index is 1.30. The van der Waals surface area contributed by atoms with Crippen molar-refractivity contribution < 1.29 is 4.79 Å². The molecule has 0 spiro atoms. The van der Waals surface area contributed by atoms with Crippen LogP contribution in [0.1, 0.15) is 40.0 Å². The van der Waals surface area contributed by atoms with E-state index in [4.69, 9.17) is 5.26 Å². The van der Waals surface area contributed by atoms with Crippen molar-refractivity contribution in [3.8, 4) is 6.07 Å². The van der Waals surface area contributed by atoms with Crippen LogP contribution in [0.4, 0.5) is 5.69 Å². The van der Waals surface area contributed by atoms with Crippen molar-refractivity contribution in [1.29, 1.82) is 5.26 Å². The van der Waals surface area contributed by atoms with Crippen molar-refractivity contribution in [2.75, 3.05) is 18.0 Å². The van der Waals surface area contributed by atoms with E-state index in [0.29, 0.717) is 17.8 Å². The van der Waals surface area contributed by atoms with E-state index in [9.17, 15) is 4.79 Å². The lowest BCUT2D eigenvalue weighted by molar-refractivity contribution is 0.0989. The first-order valence-electron chi connectivity index (χ1n) is 10.5. The number of nitriles is 1. The Labute approximate surface area is 179 Å².